The predicted molar refractivity (Wildman–Crippen MR) is 99.3 cm³/mol. The zero-order valence-electron chi connectivity index (χ0n) is 14.3. The molecular formula is C19H23N3O2S. The molecule has 2 atom stereocenters. The highest BCUT2D eigenvalue weighted by Crippen LogP contribution is 2.35. The van der Waals surface area contributed by atoms with Crippen LogP contribution < -0.4 is 11.1 Å². The van der Waals surface area contributed by atoms with Crippen LogP contribution in [0.5, 0.6) is 0 Å². The predicted octanol–water partition coefficient (Wildman–Crippen LogP) is 3.52. The first-order chi connectivity index (χ1) is 12.1. The summed E-state index contributed by atoms with van der Waals surface area (Å²) in [5.74, 6) is 0.0536. The standard InChI is InChI=1S/C19H23N3O2S/c1-13-6-2-3-7-14(13)16-8-4-10-22(16)18(23)12-15(21-19(20)24)17-9-5-11-25-17/h2-3,5-7,9,11,15-16H,4,8,10,12H2,1H3,(H3,20,21,24)/t15-,16-/m1/s1. The number of urea groups is 1. The van der Waals surface area contributed by atoms with E-state index < -0.39 is 6.03 Å². The fraction of sp³-hybridized carbons (Fsp3) is 0.368. The lowest BCUT2D eigenvalue weighted by atomic mass is 9.99. The second-order valence-corrected chi connectivity index (χ2v) is 7.36. The second kappa shape index (κ2) is 7.70. The average Bonchev–Trinajstić information content (AvgIpc) is 3.26. The van der Waals surface area contributed by atoms with Gasteiger partial charge in [0.2, 0.25) is 5.91 Å². The number of thiophene rings is 1. The summed E-state index contributed by atoms with van der Waals surface area (Å²) in [6, 6.07) is 11.2. The van der Waals surface area contributed by atoms with E-state index >= 15 is 0 Å². The highest BCUT2D eigenvalue weighted by Gasteiger charge is 2.32. The zero-order valence-corrected chi connectivity index (χ0v) is 15.1. The lowest BCUT2D eigenvalue weighted by Gasteiger charge is -2.28. The molecule has 1 fully saturated rings. The van der Waals surface area contributed by atoms with E-state index in [9.17, 15) is 9.59 Å². The summed E-state index contributed by atoms with van der Waals surface area (Å²) in [5.41, 5.74) is 7.71. The first-order valence-electron chi connectivity index (χ1n) is 8.50. The zero-order chi connectivity index (χ0) is 17.8. The Kier molecular flexibility index (Phi) is 5.38. The number of nitrogens with zero attached hydrogens (tertiary/aromatic N) is 1. The molecule has 3 rings (SSSR count). The van der Waals surface area contributed by atoms with E-state index in [1.165, 1.54) is 22.5 Å². The van der Waals surface area contributed by atoms with Crippen LogP contribution in [0.1, 0.15) is 47.4 Å². The fourth-order valence-corrected chi connectivity index (χ4v) is 4.30. The Balaban J connectivity index is 1.76. The van der Waals surface area contributed by atoms with Crippen molar-refractivity contribution in [1.29, 1.82) is 0 Å². The van der Waals surface area contributed by atoms with Crippen molar-refractivity contribution in [1.82, 2.24) is 10.2 Å². The van der Waals surface area contributed by atoms with Gasteiger partial charge in [0.1, 0.15) is 0 Å². The minimum Gasteiger partial charge on any atom is -0.352 e. The Labute approximate surface area is 151 Å². The number of primary amides is 1. The Hall–Kier alpha value is -2.34. The third kappa shape index (κ3) is 4.02. The molecule has 0 radical (unpaired) electrons. The van der Waals surface area contributed by atoms with E-state index in [1.807, 2.05) is 34.5 Å². The molecule has 3 N–H and O–H groups in total. The van der Waals surface area contributed by atoms with Crippen LogP contribution in [0, 0.1) is 6.92 Å². The van der Waals surface area contributed by atoms with Gasteiger partial charge in [0, 0.05) is 11.4 Å². The van der Waals surface area contributed by atoms with E-state index in [4.69, 9.17) is 5.73 Å². The Morgan fingerprint density at radius 1 is 1.32 bits per heavy atom. The fourth-order valence-electron chi connectivity index (χ4n) is 3.53. The maximum Gasteiger partial charge on any atom is 0.312 e. The summed E-state index contributed by atoms with van der Waals surface area (Å²) in [4.78, 5) is 27.2. The van der Waals surface area contributed by atoms with Gasteiger partial charge >= 0.3 is 6.03 Å². The van der Waals surface area contributed by atoms with E-state index in [2.05, 4.69) is 24.4 Å². The van der Waals surface area contributed by atoms with Gasteiger partial charge < -0.3 is 16.0 Å². The molecule has 3 amide bonds. The Morgan fingerprint density at radius 2 is 2.12 bits per heavy atom. The highest BCUT2D eigenvalue weighted by molar-refractivity contribution is 7.10. The van der Waals surface area contributed by atoms with Crippen LogP contribution in [0.15, 0.2) is 41.8 Å². The third-order valence-corrected chi connectivity index (χ3v) is 5.69. The van der Waals surface area contributed by atoms with Crippen molar-refractivity contribution in [2.75, 3.05) is 6.54 Å². The molecule has 0 aliphatic carbocycles. The van der Waals surface area contributed by atoms with Gasteiger partial charge in [-0.15, -0.1) is 11.3 Å². The molecule has 1 aliphatic heterocycles. The molecule has 0 bridgehead atoms. The smallest absolute Gasteiger partial charge is 0.312 e. The van der Waals surface area contributed by atoms with Crippen molar-refractivity contribution in [3.63, 3.8) is 0 Å². The van der Waals surface area contributed by atoms with Crippen molar-refractivity contribution in [3.05, 3.63) is 57.8 Å². The van der Waals surface area contributed by atoms with Gasteiger partial charge in [0.05, 0.1) is 18.5 Å². The maximum absolute atomic E-state index is 13.0. The van der Waals surface area contributed by atoms with E-state index in [0.29, 0.717) is 0 Å². The minimum atomic E-state index is -0.608. The molecule has 2 heterocycles. The van der Waals surface area contributed by atoms with Crippen LogP contribution >= 0.6 is 11.3 Å². The lowest BCUT2D eigenvalue weighted by molar-refractivity contribution is -0.132. The number of hydrogen-bond acceptors (Lipinski definition) is 3. The molecule has 1 saturated heterocycles. The molecular weight excluding hydrogens is 334 g/mol. The van der Waals surface area contributed by atoms with E-state index in [0.717, 1.165) is 24.3 Å². The topological polar surface area (TPSA) is 75.4 Å². The van der Waals surface area contributed by atoms with Gasteiger partial charge in [0.15, 0.2) is 0 Å². The van der Waals surface area contributed by atoms with E-state index in [1.54, 1.807) is 0 Å². The average molecular weight is 357 g/mol. The van der Waals surface area contributed by atoms with Gasteiger partial charge in [-0.1, -0.05) is 30.3 Å². The molecule has 1 aliphatic rings. The van der Waals surface area contributed by atoms with Crippen LogP contribution in [-0.4, -0.2) is 23.4 Å². The minimum absolute atomic E-state index is 0.0536. The number of benzene rings is 1. The number of carbonyl (C=O) groups is 2. The third-order valence-electron chi connectivity index (χ3n) is 4.70. The molecule has 0 unspecified atom stereocenters. The monoisotopic (exact) mass is 357 g/mol. The number of likely N-dealkylation sites (tertiary alicyclic amines) is 1. The van der Waals surface area contributed by atoms with Crippen LogP contribution in [0.2, 0.25) is 0 Å². The largest absolute Gasteiger partial charge is 0.352 e. The van der Waals surface area contributed by atoms with Crippen molar-refractivity contribution in [3.8, 4) is 0 Å². The van der Waals surface area contributed by atoms with Crippen molar-refractivity contribution >= 4 is 23.3 Å². The molecule has 0 spiro atoms. The van der Waals surface area contributed by atoms with Gasteiger partial charge in [-0.25, -0.2) is 4.79 Å². The maximum atomic E-state index is 13.0. The number of amides is 3. The number of nitrogens with two attached hydrogens (primary N) is 1. The van der Waals surface area contributed by atoms with Gasteiger partial charge in [0.25, 0.3) is 0 Å². The molecule has 25 heavy (non-hydrogen) atoms. The number of rotatable bonds is 5. The van der Waals surface area contributed by atoms with Gasteiger partial charge in [-0.3, -0.25) is 4.79 Å². The van der Waals surface area contributed by atoms with Crippen molar-refractivity contribution < 1.29 is 9.59 Å². The number of hydrogen-bond donors (Lipinski definition) is 2. The number of aryl methyl sites for hydroxylation is 1. The quantitative estimate of drug-likeness (QED) is 0.859. The van der Waals surface area contributed by atoms with Crippen molar-refractivity contribution in [2.24, 2.45) is 5.73 Å². The first-order valence-corrected chi connectivity index (χ1v) is 9.38. The summed E-state index contributed by atoms with van der Waals surface area (Å²) in [5, 5.41) is 4.64. The molecule has 132 valence electrons. The Bertz CT molecular complexity index is 745. The molecule has 1 aromatic heterocycles. The summed E-state index contributed by atoms with van der Waals surface area (Å²) in [6.07, 6.45) is 2.20. The molecule has 0 saturated carbocycles. The normalized spacial score (nSPS) is 18.1. The van der Waals surface area contributed by atoms with E-state index in [-0.39, 0.29) is 24.4 Å². The summed E-state index contributed by atoms with van der Waals surface area (Å²) >= 11 is 1.52. The number of nitrogens with one attached hydrogen (secondary N) is 1. The summed E-state index contributed by atoms with van der Waals surface area (Å²) < 4.78 is 0. The summed E-state index contributed by atoms with van der Waals surface area (Å²) in [6.45, 7) is 2.84. The van der Waals surface area contributed by atoms with Crippen LogP contribution in [0.4, 0.5) is 4.79 Å². The number of carbonyl (C=O) groups excluding carboxylic acids is 2. The Morgan fingerprint density at radius 3 is 2.80 bits per heavy atom. The SMILES string of the molecule is Cc1ccccc1[C@H]1CCCN1C(=O)C[C@@H](NC(N)=O)c1cccs1. The molecule has 1 aromatic carbocycles. The van der Waals surface area contributed by atoms with Gasteiger partial charge in [-0.05, 0) is 42.3 Å². The lowest BCUT2D eigenvalue weighted by Crippen LogP contribution is -2.38. The van der Waals surface area contributed by atoms with Crippen LogP contribution in [0.3, 0.4) is 0 Å². The molecule has 5 nitrogen and oxygen atoms in total. The van der Waals surface area contributed by atoms with Crippen LogP contribution in [0.25, 0.3) is 0 Å². The van der Waals surface area contributed by atoms with Gasteiger partial charge in [-0.2, -0.15) is 0 Å². The van der Waals surface area contributed by atoms with Crippen molar-refractivity contribution in [2.45, 2.75) is 38.3 Å². The second-order valence-electron chi connectivity index (χ2n) is 6.38. The molecule has 2 aromatic rings. The summed E-state index contributed by atoms with van der Waals surface area (Å²) in [7, 11) is 0. The van der Waals surface area contributed by atoms with Crippen LogP contribution in [-0.2, 0) is 4.79 Å². The first kappa shape index (κ1) is 17.5. The highest BCUT2D eigenvalue weighted by atomic mass is 32.1. The molecule has 6 heteroatoms.